The van der Waals surface area contributed by atoms with Crippen molar-refractivity contribution in [2.45, 2.75) is 70.9 Å². The lowest BCUT2D eigenvalue weighted by atomic mass is 9.89. The van der Waals surface area contributed by atoms with Gasteiger partial charge < -0.3 is 10.1 Å². The van der Waals surface area contributed by atoms with Gasteiger partial charge in [0.15, 0.2) is 0 Å². The predicted molar refractivity (Wildman–Crippen MR) is 76.5 cm³/mol. The zero-order chi connectivity index (χ0) is 13.1. The highest BCUT2D eigenvalue weighted by Crippen LogP contribution is 2.24. The van der Waals surface area contributed by atoms with E-state index in [-0.39, 0.29) is 5.60 Å². The van der Waals surface area contributed by atoms with Crippen LogP contribution in [-0.4, -0.2) is 25.3 Å². The Morgan fingerprint density at radius 2 is 2.00 bits per heavy atom. The van der Waals surface area contributed by atoms with Gasteiger partial charge in [-0.1, -0.05) is 25.8 Å². The number of likely N-dealkylation sites (N-methyl/N-ethyl adjacent to an activating group) is 1. The minimum absolute atomic E-state index is 0.0259. The van der Waals surface area contributed by atoms with Crippen molar-refractivity contribution in [1.29, 1.82) is 0 Å². The lowest BCUT2D eigenvalue weighted by Gasteiger charge is -2.36. The van der Waals surface area contributed by atoms with E-state index < -0.39 is 0 Å². The maximum absolute atomic E-state index is 5.93. The summed E-state index contributed by atoms with van der Waals surface area (Å²) >= 11 is 0. The molecule has 0 aliphatic rings. The topological polar surface area (TPSA) is 21.3 Å². The molecule has 0 radical (unpaired) electrons. The van der Waals surface area contributed by atoms with Crippen molar-refractivity contribution in [1.82, 2.24) is 5.32 Å². The van der Waals surface area contributed by atoms with Crippen molar-refractivity contribution >= 4 is 0 Å². The van der Waals surface area contributed by atoms with Gasteiger partial charge in [-0.15, -0.1) is 6.58 Å². The van der Waals surface area contributed by atoms with Gasteiger partial charge in [0.2, 0.25) is 0 Å². The monoisotopic (exact) mass is 241 g/mol. The summed E-state index contributed by atoms with van der Waals surface area (Å²) in [5, 5.41) is 3.42. The summed E-state index contributed by atoms with van der Waals surface area (Å²) in [6.45, 7) is 11.0. The Bertz CT molecular complexity index is 193. The van der Waals surface area contributed by atoms with Crippen LogP contribution in [0.15, 0.2) is 12.7 Å². The molecule has 0 rings (SSSR count). The van der Waals surface area contributed by atoms with Crippen LogP contribution in [-0.2, 0) is 4.74 Å². The molecule has 0 aliphatic carbocycles. The largest absolute Gasteiger partial charge is 0.374 e. The predicted octanol–water partition coefficient (Wildman–Crippen LogP) is 3.92. The minimum atomic E-state index is -0.0259. The molecule has 0 aliphatic heterocycles. The van der Waals surface area contributed by atoms with E-state index in [1.165, 1.54) is 25.7 Å². The third-order valence-electron chi connectivity index (χ3n) is 3.66. The molecule has 0 aromatic carbocycles. The Morgan fingerprint density at radius 1 is 1.29 bits per heavy atom. The second kappa shape index (κ2) is 9.67. The average molecular weight is 241 g/mol. The third-order valence-corrected chi connectivity index (χ3v) is 3.66. The van der Waals surface area contributed by atoms with Crippen molar-refractivity contribution in [3.63, 3.8) is 0 Å². The van der Waals surface area contributed by atoms with E-state index in [9.17, 15) is 0 Å². The number of allylic oxidation sites excluding steroid dienone is 1. The molecular formula is C15H31NO. The highest BCUT2D eigenvalue weighted by Gasteiger charge is 2.31. The molecule has 102 valence electrons. The Kier molecular flexibility index (Phi) is 9.47. The van der Waals surface area contributed by atoms with Crippen LogP contribution < -0.4 is 5.32 Å². The summed E-state index contributed by atoms with van der Waals surface area (Å²) < 4.78 is 5.93. The van der Waals surface area contributed by atoms with Crippen molar-refractivity contribution in [3.05, 3.63) is 12.7 Å². The van der Waals surface area contributed by atoms with Crippen molar-refractivity contribution < 1.29 is 4.74 Å². The Hall–Kier alpha value is -0.340. The van der Waals surface area contributed by atoms with Crippen molar-refractivity contribution in [2.24, 2.45) is 0 Å². The quantitative estimate of drug-likeness (QED) is 0.437. The fourth-order valence-corrected chi connectivity index (χ4v) is 2.35. The maximum Gasteiger partial charge on any atom is 0.0803 e. The van der Waals surface area contributed by atoms with Crippen LogP contribution in [0.3, 0.4) is 0 Å². The van der Waals surface area contributed by atoms with Crippen LogP contribution in [0.4, 0.5) is 0 Å². The molecular weight excluding hydrogens is 210 g/mol. The van der Waals surface area contributed by atoms with Crippen LogP contribution >= 0.6 is 0 Å². The summed E-state index contributed by atoms with van der Waals surface area (Å²) in [6.07, 6.45) is 9.21. The first kappa shape index (κ1) is 16.7. The van der Waals surface area contributed by atoms with Gasteiger partial charge in [-0.25, -0.2) is 0 Å². The summed E-state index contributed by atoms with van der Waals surface area (Å²) in [5.74, 6) is 0. The summed E-state index contributed by atoms with van der Waals surface area (Å²) in [6, 6.07) is 0.455. The van der Waals surface area contributed by atoms with Gasteiger partial charge in [0.1, 0.15) is 0 Å². The second-order valence-corrected chi connectivity index (χ2v) is 4.87. The van der Waals surface area contributed by atoms with Crippen molar-refractivity contribution in [3.8, 4) is 0 Å². The number of ether oxygens (including phenoxy) is 1. The standard InChI is InChI=1S/C15H31NO/c1-6-9-10-11-12-13-14(16-5)15(4,7-2)17-8-3/h6,14,16H,1,7-13H2,2-5H3. The molecule has 17 heavy (non-hydrogen) atoms. The van der Waals surface area contributed by atoms with Gasteiger partial charge in [0.05, 0.1) is 5.60 Å². The number of nitrogens with one attached hydrogen (secondary N) is 1. The highest BCUT2D eigenvalue weighted by molar-refractivity contribution is 4.87. The van der Waals surface area contributed by atoms with Gasteiger partial charge in [-0.2, -0.15) is 0 Å². The molecule has 0 saturated heterocycles. The molecule has 0 heterocycles. The molecule has 0 aromatic heterocycles. The van der Waals surface area contributed by atoms with Crippen LogP contribution in [0.1, 0.15) is 59.3 Å². The van der Waals surface area contributed by atoms with Gasteiger partial charge in [-0.3, -0.25) is 0 Å². The van der Waals surface area contributed by atoms with E-state index in [0.29, 0.717) is 6.04 Å². The first-order valence-corrected chi connectivity index (χ1v) is 7.06. The Morgan fingerprint density at radius 3 is 2.47 bits per heavy atom. The first-order chi connectivity index (χ1) is 8.14. The molecule has 1 N–H and O–H groups in total. The van der Waals surface area contributed by atoms with E-state index >= 15 is 0 Å². The molecule has 2 nitrogen and oxygen atoms in total. The summed E-state index contributed by atoms with van der Waals surface area (Å²) in [4.78, 5) is 0. The molecule has 0 aromatic rings. The molecule has 0 saturated carbocycles. The van der Waals surface area contributed by atoms with Crippen LogP contribution in [0.5, 0.6) is 0 Å². The SMILES string of the molecule is C=CCCCCCC(NC)C(C)(CC)OCC. The fraction of sp³-hybridized carbons (Fsp3) is 0.867. The Labute approximate surface area is 108 Å². The fourth-order valence-electron chi connectivity index (χ4n) is 2.35. The van der Waals surface area contributed by atoms with Crippen molar-refractivity contribution in [2.75, 3.05) is 13.7 Å². The molecule has 0 amide bonds. The zero-order valence-electron chi connectivity index (χ0n) is 12.2. The van der Waals surface area contributed by atoms with Gasteiger partial charge in [0, 0.05) is 12.6 Å². The molecule has 0 fully saturated rings. The number of hydrogen-bond acceptors (Lipinski definition) is 2. The van der Waals surface area contributed by atoms with Gasteiger partial charge >= 0.3 is 0 Å². The van der Waals surface area contributed by atoms with E-state index in [0.717, 1.165) is 19.4 Å². The van der Waals surface area contributed by atoms with Gasteiger partial charge in [-0.05, 0) is 46.6 Å². The zero-order valence-corrected chi connectivity index (χ0v) is 12.2. The molecule has 2 atom stereocenters. The highest BCUT2D eigenvalue weighted by atomic mass is 16.5. The minimum Gasteiger partial charge on any atom is -0.374 e. The van der Waals surface area contributed by atoms with E-state index in [1.54, 1.807) is 0 Å². The average Bonchev–Trinajstić information content (AvgIpc) is 2.34. The van der Waals surface area contributed by atoms with Crippen LogP contribution in [0.25, 0.3) is 0 Å². The molecule has 0 spiro atoms. The maximum atomic E-state index is 5.93. The Balaban J connectivity index is 4.06. The van der Waals surface area contributed by atoms with E-state index in [4.69, 9.17) is 4.74 Å². The lowest BCUT2D eigenvalue weighted by molar-refractivity contribution is -0.0558. The normalized spacial score (nSPS) is 16.5. The molecule has 2 unspecified atom stereocenters. The summed E-state index contributed by atoms with van der Waals surface area (Å²) in [5.41, 5.74) is -0.0259. The first-order valence-electron chi connectivity index (χ1n) is 7.06. The van der Waals surface area contributed by atoms with Crippen LogP contribution in [0.2, 0.25) is 0 Å². The number of unbranched alkanes of at least 4 members (excludes halogenated alkanes) is 3. The van der Waals surface area contributed by atoms with E-state index in [2.05, 4.69) is 32.7 Å². The summed E-state index contributed by atoms with van der Waals surface area (Å²) in [7, 11) is 2.04. The number of hydrogen-bond donors (Lipinski definition) is 1. The second-order valence-electron chi connectivity index (χ2n) is 4.87. The van der Waals surface area contributed by atoms with Crippen LogP contribution in [0, 0.1) is 0 Å². The lowest BCUT2D eigenvalue weighted by Crippen LogP contribution is -2.49. The van der Waals surface area contributed by atoms with E-state index in [1.807, 2.05) is 13.1 Å². The third kappa shape index (κ3) is 6.23. The number of rotatable bonds is 11. The molecule has 0 bridgehead atoms. The smallest absolute Gasteiger partial charge is 0.0803 e. The van der Waals surface area contributed by atoms with Gasteiger partial charge in [0.25, 0.3) is 0 Å². The molecule has 2 heteroatoms.